The molecule has 2 fully saturated rings. The summed E-state index contributed by atoms with van der Waals surface area (Å²) in [6.45, 7) is 7.31. The van der Waals surface area contributed by atoms with E-state index in [1.165, 1.54) is 0 Å². The highest BCUT2D eigenvalue weighted by Crippen LogP contribution is 2.68. The number of carboxylic acid groups (broad SMARTS) is 2. The summed E-state index contributed by atoms with van der Waals surface area (Å²) in [6.07, 6.45) is 7.14. The van der Waals surface area contributed by atoms with Crippen LogP contribution in [0, 0.1) is 34.0 Å². The maximum atomic E-state index is 11.9. The minimum atomic E-state index is -0.977. The van der Waals surface area contributed by atoms with E-state index in [4.69, 9.17) is 0 Å². The molecule has 0 aliphatic heterocycles. The Bertz CT molecular complexity index is 634. The molecule has 1 spiro atoms. The number of allylic oxidation sites excluding steroid dienone is 1. The third-order valence-electron chi connectivity index (χ3n) is 7.77. The monoisotopic (exact) mass is 350 g/mol. The average Bonchev–Trinajstić information content (AvgIpc) is 2.44. The van der Waals surface area contributed by atoms with Gasteiger partial charge in [0.25, 0.3) is 0 Å². The normalized spacial score (nSPS) is 45.9. The van der Waals surface area contributed by atoms with Crippen molar-refractivity contribution in [3.8, 4) is 0 Å². The Hall–Kier alpha value is -1.36. The summed E-state index contributed by atoms with van der Waals surface area (Å²) < 4.78 is 0. The van der Waals surface area contributed by atoms with E-state index in [0.29, 0.717) is 12.8 Å². The molecule has 4 rings (SSSR count). The van der Waals surface area contributed by atoms with Gasteiger partial charge in [0, 0.05) is 5.92 Å². The fraction of sp³-hybridized carbons (Fsp3) is 0.800. The van der Waals surface area contributed by atoms with Crippen molar-refractivity contribution in [3.63, 3.8) is 0 Å². The van der Waals surface area contributed by atoms with Gasteiger partial charge >= 0.3 is 11.9 Å². The van der Waals surface area contributed by atoms with Gasteiger partial charge in [-0.05, 0) is 69.1 Å². The molecule has 5 heteroatoms. The first-order chi connectivity index (χ1) is 11.4. The lowest BCUT2D eigenvalue weighted by molar-refractivity contribution is -0.190. The number of rotatable bonds is 4. The second-order valence-corrected chi connectivity index (χ2v) is 9.72. The summed E-state index contributed by atoms with van der Waals surface area (Å²) in [7, 11) is 0. The lowest BCUT2D eigenvalue weighted by atomic mass is 9.39. The summed E-state index contributed by atoms with van der Waals surface area (Å²) >= 11 is 0. The first-order valence-corrected chi connectivity index (χ1v) is 9.22. The Labute approximate surface area is 149 Å². The van der Waals surface area contributed by atoms with Crippen molar-refractivity contribution in [2.45, 2.75) is 65.4 Å². The minimum Gasteiger partial charge on any atom is -0.481 e. The Kier molecular flexibility index (Phi) is 3.92. The third-order valence-corrected chi connectivity index (χ3v) is 7.77. The van der Waals surface area contributed by atoms with Gasteiger partial charge in [-0.25, -0.2) is 0 Å². The topological polar surface area (TPSA) is 94.8 Å². The third kappa shape index (κ3) is 2.54. The molecule has 0 radical (unpaired) electrons. The molecule has 4 aliphatic rings. The molecule has 2 bridgehead atoms. The van der Waals surface area contributed by atoms with Gasteiger partial charge in [0.2, 0.25) is 0 Å². The van der Waals surface area contributed by atoms with Crippen molar-refractivity contribution >= 4 is 11.9 Å². The van der Waals surface area contributed by atoms with Gasteiger partial charge in [-0.3, -0.25) is 9.59 Å². The van der Waals surface area contributed by atoms with E-state index in [1.54, 1.807) is 13.8 Å². The predicted molar refractivity (Wildman–Crippen MR) is 92.9 cm³/mol. The molecule has 6 unspecified atom stereocenters. The Balaban J connectivity index is 2.08. The highest BCUT2D eigenvalue weighted by Gasteiger charge is 2.65. The summed E-state index contributed by atoms with van der Waals surface area (Å²) in [6, 6.07) is 0. The number of hydrogen-bond acceptors (Lipinski definition) is 3. The van der Waals surface area contributed by atoms with E-state index in [2.05, 4.69) is 12.2 Å². The predicted octanol–water partition coefficient (Wildman–Crippen LogP) is 3.32. The van der Waals surface area contributed by atoms with Crippen LogP contribution in [0.4, 0.5) is 0 Å². The van der Waals surface area contributed by atoms with Crippen molar-refractivity contribution < 1.29 is 24.9 Å². The number of carboxylic acids is 2. The number of aliphatic carboxylic acids is 2. The molecule has 25 heavy (non-hydrogen) atoms. The zero-order chi connectivity index (χ0) is 18.8. The Morgan fingerprint density at radius 1 is 1.24 bits per heavy atom. The maximum Gasteiger partial charge on any atom is 0.309 e. The summed E-state index contributed by atoms with van der Waals surface area (Å²) in [5.74, 6) is -1.85. The van der Waals surface area contributed by atoms with Crippen LogP contribution in [0.5, 0.6) is 0 Å². The van der Waals surface area contributed by atoms with E-state index >= 15 is 0 Å². The molecule has 0 aromatic heterocycles. The summed E-state index contributed by atoms with van der Waals surface area (Å²) in [4.78, 5) is 23.6. The van der Waals surface area contributed by atoms with Gasteiger partial charge in [-0.2, -0.15) is 0 Å². The van der Waals surface area contributed by atoms with E-state index in [0.717, 1.165) is 12.8 Å². The minimum absolute atomic E-state index is 0.0131. The van der Waals surface area contributed by atoms with Crippen LogP contribution in [0.15, 0.2) is 12.2 Å². The number of aliphatic hydroxyl groups is 1. The molecular weight excluding hydrogens is 320 g/mol. The molecule has 3 N–H and O–H groups in total. The first kappa shape index (κ1) is 18.4. The molecule has 0 saturated heterocycles. The van der Waals surface area contributed by atoms with Crippen LogP contribution in [0.3, 0.4) is 0 Å². The SMILES string of the molecule is CC1(O)CC23C=CC1CC2C(C)(CC(=O)O)C(C(C)(C)C(=O)O)CC3. The molecule has 0 aromatic rings. The zero-order valence-corrected chi connectivity index (χ0v) is 15.6. The van der Waals surface area contributed by atoms with E-state index in [-0.39, 0.29) is 29.6 Å². The van der Waals surface area contributed by atoms with Gasteiger partial charge in [0.15, 0.2) is 0 Å². The van der Waals surface area contributed by atoms with Crippen LogP contribution in [0.2, 0.25) is 0 Å². The smallest absolute Gasteiger partial charge is 0.309 e. The molecule has 2 saturated carbocycles. The molecule has 4 aliphatic carbocycles. The number of hydrogen-bond donors (Lipinski definition) is 3. The first-order valence-electron chi connectivity index (χ1n) is 9.22. The fourth-order valence-corrected chi connectivity index (χ4v) is 6.60. The second kappa shape index (κ2) is 5.32. The maximum absolute atomic E-state index is 11.9. The summed E-state index contributed by atoms with van der Waals surface area (Å²) in [5, 5.41) is 30.2. The van der Waals surface area contributed by atoms with Gasteiger partial charge in [0.05, 0.1) is 17.4 Å². The molecule has 140 valence electrons. The number of fused-ring (bicyclic) bond motifs is 1. The Morgan fingerprint density at radius 2 is 1.88 bits per heavy atom. The highest BCUT2D eigenvalue weighted by molar-refractivity contribution is 5.75. The van der Waals surface area contributed by atoms with Gasteiger partial charge in [-0.15, -0.1) is 0 Å². The highest BCUT2D eigenvalue weighted by atomic mass is 16.4. The standard InChI is InChI=1S/C20H30O5/c1-17(2,16(23)24)13-6-8-20-7-5-12(19(4,25)11-20)9-14(20)18(13,3)10-15(21)22/h5,7,12-14,25H,6,8-11H2,1-4H3,(H,21,22)(H,23,24). The lowest BCUT2D eigenvalue weighted by Gasteiger charge is -2.65. The van der Waals surface area contributed by atoms with Gasteiger partial charge in [0.1, 0.15) is 0 Å². The quantitative estimate of drug-likeness (QED) is 0.676. The second-order valence-electron chi connectivity index (χ2n) is 9.72. The van der Waals surface area contributed by atoms with Crippen molar-refractivity contribution in [2.24, 2.45) is 34.0 Å². The largest absolute Gasteiger partial charge is 0.481 e. The molecule has 0 aromatic carbocycles. The molecule has 0 heterocycles. The fourth-order valence-electron chi connectivity index (χ4n) is 6.60. The number of carbonyl (C=O) groups is 2. The van der Waals surface area contributed by atoms with Crippen molar-refractivity contribution in [1.29, 1.82) is 0 Å². The van der Waals surface area contributed by atoms with E-state index in [1.807, 2.05) is 13.8 Å². The Morgan fingerprint density at radius 3 is 2.40 bits per heavy atom. The molecule has 0 amide bonds. The molecule has 6 atom stereocenters. The van der Waals surface area contributed by atoms with Gasteiger partial charge in [-0.1, -0.05) is 19.1 Å². The van der Waals surface area contributed by atoms with Crippen LogP contribution in [-0.4, -0.2) is 32.9 Å². The zero-order valence-electron chi connectivity index (χ0n) is 15.6. The van der Waals surface area contributed by atoms with Crippen LogP contribution in [0.25, 0.3) is 0 Å². The van der Waals surface area contributed by atoms with Crippen LogP contribution < -0.4 is 0 Å². The molecular formula is C20H30O5. The van der Waals surface area contributed by atoms with Crippen molar-refractivity contribution in [3.05, 3.63) is 12.2 Å². The lowest BCUT2D eigenvalue weighted by Crippen LogP contribution is -2.62. The van der Waals surface area contributed by atoms with E-state index in [9.17, 15) is 24.9 Å². The molecule has 5 nitrogen and oxygen atoms in total. The van der Waals surface area contributed by atoms with Crippen LogP contribution in [0.1, 0.15) is 59.8 Å². The van der Waals surface area contributed by atoms with Crippen molar-refractivity contribution in [1.82, 2.24) is 0 Å². The van der Waals surface area contributed by atoms with Crippen LogP contribution in [-0.2, 0) is 9.59 Å². The van der Waals surface area contributed by atoms with Gasteiger partial charge < -0.3 is 15.3 Å². The average molecular weight is 350 g/mol. The summed E-state index contributed by atoms with van der Waals surface area (Å²) in [5.41, 5.74) is -2.56. The van der Waals surface area contributed by atoms with Crippen LogP contribution >= 0.6 is 0 Å². The van der Waals surface area contributed by atoms with Crippen molar-refractivity contribution in [2.75, 3.05) is 0 Å². The van der Waals surface area contributed by atoms with E-state index < -0.39 is 28.4 Å².